The number of esters is 3. The molecule has 0 radical (unpaired) electrons. The van der Waals surface area contributed by atoms with Crippen LogP contribution < -0.4 is 14.2 Å². The SMILES string of the molecule is COc1cc2c(c3nc4c(ccc5ccccc54)c(OC(C)=O)c13)[C@@H](OC(C)=O)[C@@H](OC(C)=O)C(C)(C)O2. The van der Waals surface area contributed by atoms with Crippen LogP contribution in [-0.2, 0) is 23.9 Å². The van der Waals surface area contributed by atoms with E-state index in [0.717, 1.165) is 10.8 Å². The maximum atomic E-state index is 12.3. The molecule has 9 nitrogen and oxygen atoms in total. The smallest absolute Gasteiger partial charge is 0.308 e. The summed E-state index contributed by atoms with van der Waals surface area (Å²) in [6.45, 7) is 7.34. The van der Waals surface area contributed by atoms with Crippen LogP contribution in [0, 0.1) is 0 Å². The predicted octanol–water partition coefficient (Wildman–Crippen LogP) is 5.18. The van der Waals surface area contributed by atoms with Crippen molar-refractivity contribution in [2.45, 2.75) is 52.4 Å². The van der Waals surface area contributed by atoms with Crippen molar-refractivity contribution in [3.63, 3.8) is 0 Å². The number of methoxy groups -OCH3 is 1. The molecule has 0 fully saturated rings. The number of rotatable bonds is 4. The number of carbonyl (C=O) groups is 3. The first-order valence-electron chi connectivity index (χ1n) is 12.1. The molecule has 2 heterocycles. The number of pyridine rings is 1. The summed E-state index contributed by atoms with van der Waals surface area (Å²) in [7, 11) is 1.49. The molecule has 9 heteroatoms. The van der Waals surface area contributed by atoms with Gasteiger partial charge >= 0.3 is 17.9 Å². The molecule has 0 amide bonds. The fraction of sp³-hybridized carbons (Fsp3) is 0.310. The second kappa shape index (κ2) is 9.16. The molecule has 2 atom stereocenters. The highest BCUT2D eigenvalue weighted by molar-refractivity contribution is 6.14. The van der Waals surface area contributed by atoms with Crippen molar-refractivity contribution in [2.24, 2.45) is 0 Å². The van der Waals surface area contributed by atoms with Crippen LogP contribution >= 0.6 is 0 Å². The summed E-state index contributed by atoms with van der Waals surface area (Å²) >= 11 is 0. The van der Waals surface area contributed by atoms with Crippen molar-refractivity contribution < 1.29 is 38.1 Å². The standard InChI is InChI=1S/C29H27NO8/c1-14(31)35-26-19-12-11-17-9-7-8-10-18(17)24(19)30-25-22(26)20(34-6)13-21-23(25)27(36-15(2)32)28(37-16(3)33)29(4,5)38-21/h7-13,27-28H,1-6H3/t27-,28-/m1/s1. The van der Waals surface area contributed by atoms with Gasteiger partial charge in [0.05, 0.1) is 29.1 Å². The number of fused-ring (bicyclic) bond motifs is 6. The van der Waals surface area contributed by atoms with Gasteiger partial charge in [-0.1, -0.05) is 30.3 Å². The molecule has 0 saturated heterocycles. The minimum atomic E-state index is -1.07. The molecule has 1 aliphatic heterocycles. The zero-order chi connectivity index (χ0) is 27.4. The number of benzene rings is 3. The van der Waals surface area contributed by atoms with Crippen LogP contribution in [0.25, 0.3) is 32.6 Å². The molecule has 0 spiro atoms. The molecular formula is C29H27NO8. The molecule has 196 valence electrons. The Morgan fingerprint density at radius 3 is 2.26 bits per heavy atom. The molecule has 5 rings (SSSR count). The van der Waals surface area contributed by atoms with Crippen molar-refractivity contribution >= 4 is 50.5 Å². The molecule has 4 aromatic rings. The van der Waals surface area contributed by atoms with Gasteiger partial charge in [-0.3, -0.25) is 14.4 Å². The van der Waals surface area contributed by atoms with E-state index in [-0.39, 0.29) is 5.75 Å². The Labute approximate surface area is 218 Å². The minimum Gasteiger partial charge on any atom is -0.496 e. The highest BCUT2D eigenvalue weighted by atomic mass is 16.6. The molecule has 3 aromatic carbocycles. The molecule has 0 bridgehead atoms. The average molecular weight is 518 g/mol. The van der Waals surface area contributed by atoms with Gasteiger partial charge < -0.3 is 23.7 Å². The molecule has 0 aliphatic carbocycles. The van der Waals surface area contributed by atoms with Crippen LogP contribution in [0.1, 0.15) is 46.3 Å². The Kier molecular flexibility index (Phi) is 6.09. The Hall–Kier alpha value is -4.40. The molecule has 0 N–H and O–H groups in total. The first kappa shape index (κ1) is 25.3. The molecule has 1 aliphatic rings. The van der Waals surface area contributed by atoms with Crippen molar-refractivity contribution in [1.29, 1.82) is 0 Å². The van der Waals surface area contributed by atoms with Crippen LogP contribution in [0.3, 0.4) is 0 Å². The van der Waals surface area contributed by atoms with Crippen LogP contribution in [0.15, 0.2) is 42.5 Å². The molecule has 0 saturated carbocycles. The van der Waals surface area contributed by atoms with E-state index in [0.29, 0.717) is 38.9 Å². The summed E-state index contributed by atoms with van der Waals surface area (Å²) in [5, 5.41) is 2.76. The first-order valence-corrected chi connectivity index (χ1v) is 12.1. The summed E-state index contributed by atoms with van der Waals surface area (Å²) in [6.07, 6.45) is -2.05. The summed E-state index contributed by atoms with van der Waals surface area (Å²) in [6, 6.07) is 13.1. The van der Waals surface area contributed by atoms with Gasteiger partial charge in [0.25, 0.3) is 0 Å². The van der Waals surface area contributed by atoms with E-state index >= 15 is 0 Å². The zero-order valence-electron chi connectivity index (χ0n) is 21.9. The molecular weight excluding hydrogens is 490 g/mol. The summed E-state index contributed by atoms with van der Waals surface area (Å²) in [4.78, 5) is 41.7. The van der Waals surface area contributed by atoms with E-state index < -0.39 is 35.7 Å². The minimum absolute atomic E-state index is 0.248. The van der Waals surface area contributed by atoms with E-state index in [9.17, 15) is 14.4 Å². The summed E-state index contributed by atoms with van der Waals surface area (Å²) < 4.78 is 29.3. The van der Waals surface area contributed by atoms with E-state index in [1.165, 1.54) is 27.9 Å². The van der Waals surface area contributed by atoms with E-state index in [1.807, 2.05) is 36.4 Å². The van der Waals surface area contributed by atoms with Gasteiger partial charge in [-0.25, -0.2) is 4.98 Å². The zero-order valence-corrected chi connectivity index (χ0v) is 21.9. The van der Waals surface area contributed by atoms with Crippen molar-refractivity contribution in [1.82, 2.24) is 4.98 Å². The number of aromatic nitrogens is 1. The average Bonchev–Trinajstić information content (AvgIpc) is 2.84. The van der Waals surface area contributed by atoms with Gasteiger partial charge in [-0.05, 0) is 25.3 Å². The fourth-order valence-electron chi connectivity index (χ4n) is 5.09. The first-order chi connectivity index (χ1) is 18.0. The molecule has 1 aromatic heterocycles. The largest absolute Gasteiger partial charge is 0.496 e. The second-order valence-electron chi connectivity index (χ2n) is 9.70. The van der Waals surface area contributed by atoms with Crippen molar-refractivity contribution in [3.05, 3.63) is 48.0 Å². The Bertz CT molecular complexity index is 1640. The van der Waals surface area contributed by atoms with E-state index in [2.05, 4.69) is 0 Å². The number of hydrogen-bond donors (Lipinski definition) is 0. The van der Waals surface area contributed by atoms with Crippen LogP contribution in [0.4, 0.5) is 0 Å². The van der Waals surface area contributed by atoms with Crippen molar-refractivity contribution in [2.75, 3.05) is 7.11 Å². The maximum Gasteiger partial charge on any atom is 0.308 e. The highest BCUT2D eigenvalue weighted by Gasteiger charge is 2.50. The maximum absolute atomic E-state index is 12.3. The Balaban J connectivity index is 1.98. The van der Waals surface area contributed by atoms with Gasteiger partial charge in [0, 0.05) is 37.6 Å². The topological polar surface area (TPSA) is 110 Å². The third-order valence-corrected chi connectivity index (χ3v) is 6.53. The lowest BCUT2D eigenvalue weighted by molar-refractivity contribution is -0.187. The van der Waals surface area contributed by atoms with Crippen LogP contribution in [0.5, 0.6) is 17.2 Å². The third kappa shape index (κ3) is 4.13. The Morgan fingerprint density at radius 2 is 1.61 bits per heavy atom. The lowest BCUT2D eigenvalue weighted by atomic mass is 9.86. The van der Waals surface area contributed by atoms with Crippen molar-refractivity contribution in [3.8, 4) is 17.2 Å². The number of ether oxygens (including phenoxy) is 5. The van der Waals surface area contributed by atoms with E-state index in [1.54, 1.807) is 19.9 Å². The van der Waals surface area contributed by atoms with Crippen LogP contribution in [-0.4, -0.2) is 41.7 Å². The van der Waals surface area contributed by atoms with Gasteiger partial charge in [0.1, 0.15) is 17.1 Å². The van der Waals surface area contributed by atoms with Crippen LogP contribution in [0.2, 0.25) is 0 Å². The lowest BCUT2D eigenvalue weighted by Gasteiger charge is -2.43. The van der Waals surface area contributed by atoms with Gasteiger partial charge in [-0.2, -0.15) is 0 Å². The van der Waals surface area contributed by atoms with Gasteiger partial charge in [0.15, 0.2) is 18.0 Å². The van der Waals surface area contributed by atoms with Gasteiger partial charge in [-0.15, -0.1) is 0 Å². The monoisotopic (exact) mass is 517 g/mol. The second-order valence-corrected chi connectivity index (χ2v) is 9.70. The number of carbonyl (C=O) groups excluding carboxylic acids is 3. The summed E-state index contributed by atoms with van der Waals surface area (Å²) in [5.41, 5.74) is 0.209. The van der Waals surface area contributed by atoms with Gasteiger partial charge in [0.2, 0.25) is 0 Å². The normalized spacial score (nSPS) is 17.9. The third-order valence-electron chi connectivity index (χ3n) is 6.53. The molecule has 38 heavy (non-hydrogen) atoms. The number of hydrogen-bond acceptors (Lipinski definition) is 9. The highest BCUT2D eigenvalue weighted by Crippen LogP contribution is 2.52. The summed E-state index contributed by atoms with van der Waals surface area (Å²) in [5.74, 6) is -0.728. The number of nitrogens with zero attached hydrogens (tertiary/aromatic N) is 1. The molecule has 0 unspecified atom stereocenters. The fourth-order valence-corrected chi connectivity index (χ4v) is 5.09. The predicted molar refractivity (Wildman–Crippen MR) is 139 cm³/mol. The van der Waals surface area contributed by atoms with E-state index in [4.69, 9.17) is 28.7 Å². The Morgan fingerprint density at radius 1 is 0.895 bits per heavy atom. The lowest BCUT2D eigenvalue weighted by Crippen LogP contribution is -2.52. The quantitative estimate of drug-likeness (QED) is 0.205.